The van der Waals surface area contributed by atoms with Crippen LogP contribution >= 0.6 is 0 Å². The number of nitrogens with one attached hydrogen (secondary N) is 2. The Labute approximate surface area is 109 Å². The van der Waals surface area contributed by atoms with E-state index in [4.69, 9.17) is 4.42 Å². The van der Waals surface area contributed by atoms with Crippen LogP contribution in [0, 0.1) is 6.92 Å². The first-order chi connectivity index (χ1) is 9.33. The molecule has 3 rings (SSSR count). The molecule has 0 bridgehead atoms. The molecule has 0 atom stereocenters. The third kappa shape index (κ3) is 2.47. The second-order valence-corrected chi connectivity index (χ2v) is 4.20. The number of anilines is 1. The minimum Gasteiger partial charge on any atom is -0.423 e. The molecule has 0 spiro atoms. The van der Waals surface area contributed by atoms with Crippen molar-refractivity contribution in [2.24, 2.45) is 0 Å². The van der Waals surface area contributed by atoms with E-state index in [1.807, 2.05) is 37.4 Å². The summed E-state index contributed by atoms with van der Waals surface area (Å²) in [5, 5.41) is 17.8. The van der Waals surface area contributed by atoms with Gasteiger partial charge in [-0.15, -0.1) is 10.2 Å². The number of aromatic nitrogens is 4. The number of aryl methyl sites for hydroxylation is 1. The second kappa shape index (κ2) is 4.93. The monoisotopic (exact) mass is 255 g/mol. The Morgan fingerprint density at radius 2 is 2.32 bits per heavy atom. The average Bonchev–Trinajstić information content (AvgIpc) is 3.08. The summed E-state index contributed by atoms with van der Waals surface area (Å²) in [5.41, 5.74) is 4.10. The fourth-order valence-electron chi connectivity index (χ4n) is 1.81. The molecule has 0 aliphatic heterocycles. The van der Waals surface area contributed by atoms with Crippen molar-refractivity contribution >= 4 is 5.69 Å². The van der Waals surface area contributed by atoms with Crippen molar-refractivity contribution in [2.75, 3.05) is 5.32 Å². The van der Waals surface area contributed by atoms with Gasteiger partial charge in [0.15, 0.2) is 0 Å². The van der Waals surface area contributed by atoms with Crippen LogP contribution in [-0.2, 0) is 6.54 Å². The van der Waals surface area contributed by atoms with Crippen molar-refractivity contribution in [3.63, 3.8) is 0 Å². The van der Waals surface area contributed by atoms with E-state index in [1.54, 1.807) is 0 Å². The van der Waals surface area contributed by atoms with Gasteiger partial charge in [0.1, 0.15) is 0 Å². The maximum Gasteiger partial charge on any atom is 0.247 e. The smallest absolute Gasteiger partial charge is 0.247 e. The summed E-state index contributed by atoms with van der Waals surface area (Å²) in [6, 6.07) is 7.85. The molecule has 6 heteroatoms. The molecule has 0 saturated heterocycles. The Balaban J connectivity index is 1.75. The number of aromatic amines is 1. The van der Waals surface area contributed by atoms with E-state index in [9.17, 15) is 0 Å². The summed E-state index contributed by atoms with van der Waals surface area (Å²) >= 11 is 0. The molecular weight excluding hydrogens is 242 g/mol. The van der Waals surface area contributed by atoms with E-state index in [0.29, 0.717) is 5.89 Å². The van der Waals surface area contributed by atoms with Gasteiger partial charge in [-0.3, -0.25) is 5.10 Å². The maximum absolute atomic E-state index is 5.18. The lowest BCUT2D eigenvalue weighted by Gasteiger charge is -2.06. The predicted molar refractivity (Wildman–Crippen MR) is 70.4 cm³/mol. The molecule has 1 aromatic carbocycles. The van der Waals surface area contributed by atoms with Crippen LogP contribution in [0.1, 0.15) is 11.3 Å². The fourth-order valence-corrected chi connectivity index (χ4v) is 1.81. The van der Waals surface area contributed by atoms with E-state index < -0.39 is 0 Å². The average molecular weight is 255 g/mol. The number of hydrogen-bond acceptors (Lipinski definition) is 5. The lowest BCUT2D eigenvalue weighted by Crippen LogP contribution is -1.99. The molecule has 96 valence electrons. The number of benzene rings is 1. The summed E-state index contributed by atoms with van der Waals surface area (Å²) in [4.78, 5) is 0. The van der Waals surface area contributed by atoms with Gasteiger partial charge in [-0.05, 0) is 25.1 Å². The van der Waals surface area contributed by atoms with E-state index in [1.165, 1.54) is 6.39 Å². The van der Waals surface area contributed by atoms with Crippen LogP contribution in [0.3, 0.4) is 0 Å². The topological polar surface area (TPSA) is 79.6 Å². The summed E-state index contributed by atoms with van der Waals surface area (Å²) in [6.45, 7) is 2.72. The first-order valence-corrected chi connectivity index (χ1v) is 5.92. The van der Waals surface area contributed by atoms with Gasteiger partial charge in [0, 0.05) is 29.1 Å². The third-order valence-electron chi connectivity index (χ3n) is 2.89. The molecule has 19 heavy (non-hydrogen) atoms. The van der Waals surface area contributed by atoms with Gasteiger partial charge in [-0.2, -0.15) is 5.10 Å². The second-order valence-electron chi connectivity index (χ2n) is 4.20. The Kier molecular flexibility index (Phi) is 2.97. The third-order valence-corrected chi connectivity index (χ3v) is 2.89. The molecule has 6 nitrogen and oxygen atoms in total. The van der Waals surface area contributed by atoms with Gasteiger partial charge in [-0.1, -0.05) is 6.07 Å². The minimum absolute atomic E-state index is 0.517. The van der Waals surface area contributed by atoms with Crippen LogP contribution in [0.5, 0.6) is 0 Å². The zero-order valence-electron chi connectivity index (χ0n) is 10.4. The van der Waals surface area contributed by atoms with Gasteiger partial charge in [0.25, 0.3) is 0 Å². The molecule has 0 aliphatic carbocycles. The summed E-state index contributed by atoms with van der Waals surface area (Å²) in [7, 11) is 0. The summed E-state index contributed by atoms with van der Waals surface area (Å²) in [6.07, 6.45) is 3.15. The van der Waals surface area contributed by atoms with Crippen molar-refractivity contribution < 1.29 is 4.42 Å². The molecular formula is C13H13N5O. The zero-order chi connectivity index (χ0) is 13.1. The van der Waals surface area contributed by atoms with Gasteiger partial charge < -0.3 is 9.73 Å². The van der Waals surface area contributed by atoms with Crippen LogP contribution in [0.4, 0.5) is 5.69 Å². The zero-order valence-corrected chi connectivity index (χ0v) is 10.4. The minimum atomic E-state index is 0.517. The van der Waals surface area contributed by atoms with E-state index in [0.717, 1.165) is 29.1 Å². The molecule has 0 amide bonds. The summed E-state index contributed by atoms with van der Waals surface area (Å²) in [5.74, 6) is 0.517. The van der Waals surface area contributed by atoms with Crippen molar-refractivity contribution in [2.45, 2.75) is 13.5 Å². The highest BCUT2D eigenvalue weighted by Crippen LogP contribution is 2.20. The Morgan fingerprint density at radius 3 is 3.05 bits per heavy atom. The Hall–Kier alpha value is -2.63. The van der Waals surface area contributed by atoms with Crippen molar-refractivity contribution in [3.8, 4) is 11.5 Å². The molecule has 2 aromatic heterocycles. The maximum atomic E-state index is 5.18. The molecule has 2 N–H and O–H groups in total. The molecule has 3 aromatic rings. The molecule has 0 aliphatic rings. The molecule has 0 unspecified atom stereocenters. The SMILES string of the molecule is Cc1[nH]ncc1CNc1cccc(-c2nnco2)c1. The number of rotatable bonds is 4. The molecule has 0 fully saturated rings. The highest BCUT2D eigenvalue weighted by molar-refractivity contribution is 5.60. The van der Waals surface area contributed by atoms with E-state index in [-0.39, 0.29) is 0 Å². The first-order valence-electron chi connectivity index (χ1n) is 5.92. The normalized spacial score (nSPS) is 10.6. The molecule has 0 radical (unpaired) electrons. The Morgan fingerprint density at radius 1 is 1.37 bits per heavy atom. The number of hydrogen-bond donors (Lipinski definition) is 2. The van der Waals surface area contributed by atoms with Crippen molar-refractivity contribution in [1.82, 2.24) is 20.4 Å². The van der Waals surface area contributed by atoms with Gasteiger partial charge in [-0.25, -0.2) is 0 Å². The van der Waals surface area contributed by atoms with Crippen LogP contribution in [-0.4, -0.2) is 20.4 Å². The lowest BCUT2D eigenvalue weighted by atomic mass is 10.2. The van der Waals surface area contributed by atoms with Crippen LogP contribution < -0.4 is 5.32 Å². The van der Waals surface area contributed by atoms with Crippen LogP contribution in [0.25, 0.3) is 11.5 Å². The van der Waals surface area contributed by atoms with Gasteiger partial charge >= 0.3 is 0 Å². The lowest BCUT2D eigenvalue weighted by molar-refractivity contribution is 0.568. The fraction of sp³-hybridized carbons (Fsp3) is 0.154. The number of nitrogens with zero attached hydrogens (tertiary/aromatic N) is 3. The van der Waals surface area contributed by atoms with E-state index in [2.05, 4.69) is 25.7 Å². The van der Waals surface area contributed by atoms with Gasteiger partial charge in [0.2, 0.25) is 12.3 Å². The first kappa shape index (κ1) is 11.5. The standard InChI is InChI=1S/C13H13N5O/c1-9-11(7-15-17-9)6-14-12-4-2-3-10(5-12)13-18-16-8-19-13/h2-5,7-8,14H,6H2,1H3,(H,15,17). The Bertz CT molecular complexity index is 659. The highest BCUT2D eigenvalue weighted by atomic mass is 16.4. The van der Waals surface area contributed by atoms with Crippen molar-refractivity contribution in [1.29, 1.82) is 0 Å². The van der Waals surface area contributed by atoms with Gasteiger partial charge in [0.05, 0.1) is 6.20 Å². The van der Waals surface area contributed by atoms with Crippen molar-refractivity contribution in [3.05, 3.63) is 48.1 Å². The number of H-pyrrole nitrogens is 1. The molecule has 0 saturated carbocycles. The quantitative estimate of drug-likeness (QED) is 0.748. The highest BCUT2D eigenvalue weighted by Gasteiger charge is 2.05. The summed E-state index contributed by atoms with van der Waals surface area (Å²) < 4.78 is 5.18. The van der Waals surface area contributed by atoms with Crippen LogP contribution in [0.2, 0.25) is 0 Å². The van der Waals surface area contributed by atoms with E-state index >= 15 is 0 Å². The largest absolute Gasteiger partial charge is 0.423 e. The van der Waals surface area contributed by atoms with Crippen LogP contribution in [0.15, 0.2) is 41.3 Å². The predicted octanol–water partition coefficient (Wildman–Crippen LogP) is 2.38. The molecule has 2 heterocycles.